The summed E-state index contributed by atoms with van der Waals surface area (Å²) in [5.41, 5.74) is 1.60. The lowest BCUT2D eigenvalue weighted by molar-refractivity contribution is 0.186. The summed E-state index contributed by atoms with van der Waals surface area (Å²) in [5, 5.41) is 16.8. The molecule has 2 aromatic carbocycles. The molecule has 0 spiro atoms. The third-order valence-electron chi connectivity index (χ3n) is 4.15. The second-order valence-corrected chi connectivity index (χ2v) is 6.16. The van der Waals surface area contributed by atoms with Crippen molar-refractivity contribution in [2.75, 3.05) is 33.9 Å². The van der Waals surface area contributed by atoms with Crippen LogP contribution in [0.3, 0.4) is 0 Å². The van der Waals surface area contributed by atoms with Crippen molar-refractivity contribution in [3.63, 3.8) is 0 Å². The summed E-state index contributed by atoms with van der Waals surface area (Å²) in [4.78, 5) is 4.43. The summed E-state index contributed by atoms with van der Waals surface area (Å²) < 4.78 is 23.7. The van der Waals surface area contributed by atoms with Gasteiger partial charge in [-0.3, -0.25) is 4.99 Å². The van der Waals surface area contributed by atoms with Crippen LogP contribution in [-0.4, -0.2) is 44.9 Å². The van der Waals surface area contributed by atoms with Crippen LogP contribution in [0.15, 0.2) is 47.5 Å². The number of hydrogen-bond donors (Lipinski definition) is 3. The van der Waals surface area contributed by atoms with Crippen LogP contribution in [-0.2, 0) is 6.42 Å². The number of benzene rings is 2. The first-order valence-electron chi connectivity index (χ1n) is 9.24. The fraction of sp³-hybridized carbons (Fsp3) is 0.381. The molecule has 0 aliphatic carbocycles. The fourth-order valence-corrected chi connectivity index (χ4v) is 2.70. The van der Waals surface area contributed by atoms with E-state index in [4.69, 9.17) is 9.47 Å². The Labute approximate surface area is 165 Å². The summed E-state index contributed by atoms with van der Waals surface area (Å²) in [5.74, 6) is 1.52. The first kappa shape index (κ1) is 21.5. The van der Waals surface area contributed by atoms with Crippen LogP contribution in [0.2, 0.25) is 0 Å². The first-order valence-corrected chi connectivity index (χ1v) is 9.24. The van der Waals surface area contributed by atoms with Gasteiger partial charge >= 0.3 is 0 Å². The maximum Gasteiger partial charge on any atom is 0.191 e. The van der Waals surface area contributed by atoms with E-state index in [1.54, 1.807) is 38.5 Å². The molecule has 28 heavy (non-hydrogen) atoms. The number of methoxy groups -OCH3 is 2. The van der Waals surface area contributed by atoms with Crippen molar-refractivity contribution in [1.82, 2.24) is 10.6 Å². The van der Waals surface area contributed by atoms with Crippen LogP contribution in [0.4, 0.5) is 4.39 Å². The number of nitrogens with one attached hydrogen (secondary N) is 2. The number of aliphatic hydroxyl groups is 1. The minimum atomic E-state index is -0.779. The van der Waals surface area contributed by atoms with E-state index in [0.29, 0.717) is 42.5 Å². The van der Waals surface area contributed by atoms with Crippen LogP contribution >= 0.6 is 0 Å². The molecule has 1 unspecified atom stereocenters. The van der Waals surface area contributed by atoms with E-state index in [2.05, 4.69) is 15.6 Å². The van der Waals surface area contributed by atoms with E-state index >= 15 is 0 Å². The van der Waals surface area contributed by atoms with Gasteiger partial charge in [-0.2, -0.15) is 0 Å². The van der Waals surface area contributed by atoms with Gasteiger partial charge in [-0.05, 0) is 48.7 Å². The SMILES string of the molecule is CCNC(=NCC(O)c1ccc(OC)c(OC)c1)NCCc1cccc(F)c1. The van der Waals surface area contributed by atoms with Crippen molar-refractivity contribution in [2.45, 2.75) is 19.4 Å². The highest BCUT2D eigenvalue weighted by molar-refractivity contribution is 5.79. The van der Waals surface area contributed by atoms with E-state index in [1.165, 1.54) is 12.1 Å². The van der Waals surface area contributed by atoms with Crippen LogP contribution in [0.5, 0.6) is 11.5 Å². The molecule has 6 nitrogen and oxygen atoms in total. The number of nitrogens with zero attached hydrogens (tertiary/aromatic N) is 1. The zero-order chi connectivity index (χ0) is 20.4. The molecule has 0 heterocycles. The summed E-state index contributed by atoms with van der Waals surface area (Å²) in [7, 11) is 3.12. The average Bonchev–Trinajstić information content (AvgIpc) is 2.71. The Kier molecular flexibility index (Phi) is 8.55. The van der Waals surface area contributed by atoms with Crippen molar-refractivity contribution >= 4 is 5.96 Å². The van der Waals surface area contributed by atoms with Gasteiger partial charge in [0.05, 0.1) is 26.9 Å². The lowest BCUT2D eigenvalue weighted by Crippen LogP contribution is -2.38. The Morgan fingerprint density at radius 3 is 2.57 bits per heavy atom. The molecular formula is C21H28FN3O3. The highest BCUT2D eigenvalue weighted by Crippen LogP contribution is 2.30. The Morgan fingerprint density at radius 1 is 1.11 bits per heavy atom. The quantitative estimate of drug-likeness (QED) is 0.454. The molecular weight excluding hydrogens is 361 g/mol. The average molecular weight is 389 g/mol. The van der Waals surface area contributed by atoms with Crippen molar-refractivity contribution in [3.05, 3.63) is 59.4 Å². The van der Waals surface area contributed by atoms with Crippen LogP contribution < -0.4 is 20.1 Å². The number of halogens is 1. The Bertz CT molecular complexity index is 783. The molecule has 0 aromatic heterocycles. The monoisotopic (exact) mass is 389 g/mol. The molecule has 2 aromatic rings. The lowest BCUT2D eigenvalue weighted by Gasteiger charge is -2.15. The van der Waals surface area contributed by atoms with Gasteiger partial charge in [-0.15, -0.1) is 0 Å². The van der Waals surface area contributed by atoms with E-state index in [1.807, 2.05) is 13.0 Å². The van der Waals surface area contributed by atoms with Gasteiger partial charge < -0.3 is 25.2 Å². The van der Waals surface area contributed by atoms with Crippen LogP contribution in [0.1, 0.15) is 24.2 Å². The third kappa shape index (κ3) is 6.42. The number of aliphatic hydroxyl groups excluding tert-OH is 1. The summed E-state index contributed by atoms with van der Waals surface area (Å²) >= 11 is 0. The van der Waals surface area contributed by atoms with Gasteiger partial charge in [-0.25, -0.2) is 4.39 Å². The molecule has 152 valence electrons. The summed E-state index contributed by atoms with van der Waals surface area (Å²) in [6.45, 7) is 3.44. The molecule has 0 aliphatic rings. The topological polar surface area (TPSA) is 75.1 Å². The highest BCUT2D eigenvalue weighted by Gasteiger charge is 2.12. The van der Waals surface area contributed by atoms with Gasteiger partial charge in [0.25, 0.3) is 0 Å². The summed E-state index contributed by atoms with van der Waals surface area (Å²) in [6.07, 6.45) is -0.112. The largest absolute Gasteiger partial charge is 0.493 e. The Morgan fingerprint density at radius 2 is 1.89 bits per heavy atom. The van der Waals surface area contributed by atoms with Crippen molar-refractivity contribution in [3.8, 4) is 11.5 Å². The Balaban J connectivity index is 1.95. The fourth-order valence-electron chi connectivity index (χ4n) is 2.70. The standard InChI is InChI=1S/C21H28FN3O3/c1-4-23-21(24-11-10-15-6-5-7-17(22)12-15)25-14-18(26)16-8-9-19(27-2)20(13-16)28-3/h5-9,12-13,18,26H,4,10-11,14H2,1-3H3,(H2,23,24,25). The molecule has 7 heteroatoms. The molecule has 0 bridgehead atoms. The summed E-state index contributed by atoms with van der Waals surface area (Å²) in [6, 6.07) is 11.8. The molecule has 3 N–H and O–H groups in total. The number of rotatable bonds is 9. The van der Waals surface area contributed by atoms with E-state index in [0.717, 1.165) is 5.56 Å². The maximum atomic E-state index is 13.2. The van der Waals surface area contributed by atoms with Gasteiger partial charge in [0.15, 0.2) is 17.5 Å². The number of aliphatic imine (C=N–C) groups is 1. The second kappa shape index (κ2) is 11.1. The van der Waals surface area contributed by atoms with Gasteiger partial charge in [0.1, 0.15) is 5.82 Å². The highest BCUT2D eigenvalue weighted by atomic mass is 19.1. The molecule has 0 aliphatic heterocycles. The molecule has 0 saturated carbocycles. The van der Waals surface area contributed by atoms with Gasteiger partial charge in [0, 0.05) is 13.1 Å². The normalized spacial score (nSPS) is 12.4. The third-order valence-corrected chi connectivity index (χ3v) is 4.15. The Hall–Kier alpha value is -2.80. The molecule has 0 fully saturated rings. The first-order chi connectivity index (χ1) is 13.6. The second-order valence-electron chi connectivity index (χ2n) is 6.16. The number of guanidine groups is 1. The molecule has 0 amide bonds. The van der Waals surface area contributed by atoms with Crippen molar-refractivity contribution < 1.29 is 19.0 Å². The maximum absolute atomic E-state index is 13.2. The minimum absolute atomic E-state index is 0.185. The van der Waals surface area contributed by atoms with E-state index < -0.39 is 6.10 Å². The van der Waals surface area contributed by atoms with Crippen molar-refractivity contribution in [2.24, 2.45) is 4.99 Å². The predicted molar refractivity (Wildman–Crippen MR) is 109 cm³/mol. The van der Waals surface area contributed by atoms with Crippen molar-refractivity contribution in [1.29, 1.82) is 0 Å². The van der Waals surface area contributed by atoms with E-state index in [9.17, 15) is 9.50 Å². The number of hydrogen-bond acceptors (Lipinski definition) is 4. The zero-order valence-corrected chi connectivity index (χ0v) is 16.5. The van der Waals surface area contributed by atoms with Crippen LogP contribution in [0.25, 0.3) is 0 Å². The van der Waals surface area contributed by atoms with Gasteiger partial charge in [-0.1, -0.05) is 18.2 Å². The minimum Gasteiger partial charge on any atom is -0.493 e. The molecule has 2 rings (SSSR count). The molecule has 0 radical (unpaired) electrons. The lowest BCUT2D eigenvalue weighted by atomic mass is 10.1. The smallest absolute Gasteiger partial charge is 0.191 e. The molecule has 0 saturated heterocycles. The van der Waals surface area contributed by atoms with Crippen LogP contribution in [0, 0.1) is 5.82 Å². The molecule has 1 atom stereocenters. The van der Waals surface area contributed by atoms with E-state index in [-0.39, 0.29) is 12.4 Å². The predicted octanol–water partition coefficient (Wildman–Crippen LogP) is 2.67. The zero-order valence-electron chi connectivity index (χ0n) is 16.5. The number of ether oxygens (including phenoxy) is 2. The van der Waals surface area contributed by atoms with Gasteiger partial charge in [0.2, 0.25) is 0 Å².